The Balaban J connectivity index is 1.68. The maximum atomic E-state index is 14.9. The third-order valence-electron chi connectivity index (χ3n) is 5.99. The van der Waals surface area contributed by atoms with Crippen LogP contribution in [0.4, 0.5) is 23.4 Å². The molecule has 2 atom stereocenters. The number of nitrogens with two attached hydrogens (primary N) is 1. The fourth-order valence-electron chi connectivity index (χ4n) is 3.99. The third-order valence-corrected chi connectivity index (χ3v) is 5.99. The zero-order chi connectivity index (χ0) is 23.4. The minimum Gasteiger partial charge on any atom is -0.383 e. The van der Waals surface area contributed by atoms with Crippen LogP contribution in [0, 0.1) is 5.82 Å². The summed E-state index contributed by atoms with van der Waals surface area (Å²) in [5, 5.41) is 0.582. The van der Waals surface area contributed by atoms with E-state index < -0.39 is 29.5 Å². The average molecular weight is 447 g/mol. The number of hydrogen-bond donors (Lipinski definition) is 1. The topological polar surface area (TPSA) is 68.5 Å². The molecule has 5 nitrogen and oxygen atoms in total. The molecule has 0 spiro atoms. The number of anilines is 1. The van der Waals surface area contributed by atoms with E-state index in [0.29, 0.717) is 16.5 Å². The van der Waals surface area contributed by atoms with Crippen LogP contribution in [0.3, 0.4) is 0 Å². The lowest BCUT2D eigenvalue weighted by Crippen LogP contribution is -2.30. The van der Waals surface area contributed by atoms with Crippen LogP contribution in [0.2, 0.25) is 0 Å². The van der Waals surface area contributed by atoms with Crippen LogP contribution >= 0.6 is 0 Å². The van der Waals surface area contributed by atoms with Crippen molar-refractivity contribution in [3.8, 4) is 0 Å². The quantitative estimate of drug-likeness (QED) is 0.546. The molecule has 2 heterocycles. The summed E-state index contributed by atoms with van der Waals surface area (Å²) in [7, 11) is 1.48. The number of alkyl halides is 3. The van der Waals surface area contributed by atoms with Crippen molar-refractivity contribution >= 4 is 22.6 Å². The van der Waals surface area contributed by atoms with E-state index in [9.17, 15) is 22.4 Å². The van der Waals surface area contributed by atoms with Crippen LogP contribution < -0.4 is 5.73 Å². The van der Waals surface area contributed by atoms with Crippen molar-refractivity contribution in [1.29, 1.82) is 0 Å². The summed E-state index contributed by atoms with van der Waals surface area (Å²) in [5.74, 6) is -1.09. The van der Waals surface area contributed by atoms with Gasteiger partial charge in [0.25, 0.3) is 5.91 Å². The van der Waals surface area contributed by atoms with Crippen LogP contribution in [-0.2, 0) is 17.5 Å². The summed E-state index contributed by atoms with van der Waals surface area (Å²) in [6, 6.07) is 6.56. The second-order valence-electron chi connectivity index (χ2n) is 7.90. The number of amides is 1. The maximum Gasteiger partial charge on any atom is 0.416 e. The summed E-state index contributed by atoms with van der Waals surface area (Å²) in [5.41, 5.74) is 7.39. The summed E-state index contributed by atoms with van der Waals surface area (Å²) in [6.45, 7) is 3.77. The molecule has 3 aromatic rings. The van der Waals surface area contributed by atoms with E-state index in [1.807, 2.05) is 6.92 Å². The Morgan fingerprint density at radius 1 is 1.25 bits per heavy atom. The van der Waals surface area contributed by atoms with E-state index in [1.165, 1.54) is 36.2 Å². The van der Waals surface area contributed by atoms with Crippen molar-refractivity contribution in [2.75, 3.05) is 12.8 Å². The molecule has 0 fully saturated rings. The fraction of sp³-hybridized carbons (Fsp3) is 0.304. The lowest BCUT2D eigenvalue weighted by Gasteiger charge is -2.26. The highest BCUT2D eigenvalue weighted by atomic mass is 19.4. The first-order valence-corrected chi connectivity index (χ1v) is 9.96. The number of carbonyl (C=O) groups excluding carboxylic acids is 1. The molecule has 168 valence electrons. The first-order chi connectivity index (χ1) is 15.0. The highest BCUT2D eigenvalue weighted by Gasteiger charge is 2.31. The minimum absolute atomic E-state index is 0.160. The molecule has 0 saturated carbocycles. The van der Waals surface area contributed by atoms with Crippen LogP contribution in [-0.4, -0.2) is 22.8 Å². The van der Waals surface area contributed by atoms with E-state index in [0.717, 1.165) is 23.3 Å². The molecule has 1 aromatic heterocycles. The normalized spacial score (nSPS) is 16.8. The molecule has 0 radical (unpaired) electrons. The Bertz CT molecular complexity index is 1210. The van der Waals surface area contributed by atoms with E-state index in [1.54, 1.807) is 6.92 Å². The Morgan fingerprint density at radius 2 is 1.91 bits per heavy atom. The Hall–Kier alpha value is -3.20. The summed E-state index contributed by atoms with van der Waals surface area (Å²) < 4.78 is 58.9. The molecule has 1 amide bonds. The monoisotopic (exact) mass is 447 g/mol. The molecule has 4 rings (SSSR count). The van der Waals surface area contributed by atoms with Gasteiger partial charge in [-0.15, -0.1) is 0 Å². The predicted molar refractivity (Wildman–Crippen MR) is 111 cm³/mol. The lowest BCUT2D eigenvalue weighted by atomic mass is 9.99. The minimum atomic E-state index is -4.45. The number of aromatic nitrogens is 1. The van der Waals surface area contributed by atoms with Gasteiger partial charge in [0, 0.05) is 24.1 Å². The van der Waals surface area contributed by atoms with Gasteiger partial charge in [-0.3, -0.25) is 4.79 Å². The van der Waals surface area contributed by atoms with Crippen molar-refractivity contribution in [2.24, 2.45) is 0 Å². The van der Waals surface area contributed by atoms with Gasteiger partial charge in [-0.2, -0.15) is 13.2 Å². The summed E-state index contributed by atoms with van der Waals surface area (Å²) in [6.07, 6.45) is -4.70. The maximum absolute atomic E-state index is 14.9. The Morgan fingerprint density at radius 3 is 2.53 bits per heavy atom. The van der Waals surface area contributed by atoms with Crippen molar-refractivity contribution in [1.82, 2.24) is 9.88 Å². The smallest absolute Gasteiger partial charge is 0.383 e. The number of rotatable bonds is 3. The first kappa shape index (κ1) is 22.0. The molecule has 2 aromatic carbocycles. The lowest BCUT2D eigenvalue weighted by molar-refractivity contribution is -0.137. The van der Waals surface area contributed by atoms with Gasteiger partial charge < -0.3 is 15.4 Å². The number of fused-ring (bicyclic) bond motifs is 3. The standard InChI is InChI=1S/C23H21F4N3O2/c1-11(13-4-6-14(7-5-13)23(25,26)27)30(3)22(31)16-8-15-17-10-32-12(2)20(17)21(28)29-19(15)9-18(16)24/h4-9,11-12H,10H2,1-3H3,(H2,28,29)/t11?,12-/m1/s1. The number of halogens is 4. The average Bonchev–Trinajstić information content (AvgIpc) is 3.13. The van der Waals surface area contributed by atoms with Crippen LogP contribution in [0.1, 0.15) is 58.6 Å². The molecule has 0 saturated heterocycles. The van der Waals surface area contributed by atoms with Crippen molar-refractivity contribution in [2.45, 2.75) is 38.8 Å². The Labute approximate surface area is 181 Å². The van der Waals surface area contributed by atoms with Crippen molar-refractivity contribution in [3.05, 3.63) is 70.0 Å². The van der Waals surface area contributed by atoms with Crippen LogP contribution in [0.15, 0.2) is 36.4 Å². The van der Waals surface area contributed by atoms with Gasteiger partial charge in [-0.1, -0.05) is 12.1 Å². The van der Waals surface area contributed by atoms with Crippen LogP contribution in [0.25, 0.3) is 10.9 Å². The van der Waals surface area contributed by atoms with E-state index in [-0.39, 0.29) is 24.1 Å². The van der Waals surface area contributed by atoms with Gasteiger partial charge in [-0.25, -0.2) is 9.37 Å². The number of benzene rings is 2. The summed E-state index contributed by atoms with van der Waals surface area (Å²) >= 11 is 0. The van der Waals surface area contributed by atoms with Gasteiger partial charge in [0.2, 0.25) is 0 Å². The molecule has 2 N–H and O–H groups in total. The van der Waals surface area contributed by atoms with Crippen molar-refractivity contribution in [3.63, 3.8) is 0 Å². The molecule has 32 heavy (non-hydrogen) atoms. The molecule has 1 aliphatic rings. The number of hydrogen-bond acceptors (Lipinski definition) is 4. The number of carbonyl (C=O) groups is 1. The highest BCUT2D eigenvalue weighted by molar-refractivity contribution is 5.99. The molecular weight excluding hydrogens is 426 g/mol. The summed E-state index contributed by atoms with van der Waals surface area (Å²) in [4.78, 5) is 18.7. The highest BCUT2D eigenvalue weighted by Crippen LogP contribution is 2.39. The molecule has 9 heteroatoms. The third kappa shape index (κ3) is 3.66. The molecule has 1 unspecified atom stereocenters. The van der Waals surface area contributed by atoms with E-state index >= 15 is 0 Å². The zero-order valence-electron chi connectivity index (χ0n) is 17.6. The van der Waals surface area contributed by atoms with Gasteiger partial charge in [0.05, 0.1) is 35.4 Å². The number of pyridine rings is 1. The largest absolute Gasteiger partial charge is 0.416 e. The van der Waals surface area contributed by atoms with Gasteiger partial charge >= 0.3 is 6.18 Å². The van der Waals surface area contributed by atoms with E-state index in [2.05, 4.69) is 4.98 Å². The van der Waals surface area contributed by atoms with Gasteiger partial charge in [-0.05, 0) is 43.2 Å². The van der Waals surface area contributed by atoms with Crippen molar-refractivity contribution < 1.29 is 27.1 Å². The molecule has 0 aliphatic carbocycles. The number of nitrogen functional groups attached to an aromatic ring is 1. The number of nitrogens with zero attached hydrogens (tertiary/aromatic N) is 2. The predicted octanol–water partition coefficient (Wildman–Crippen LogP) is 5.40. The first-order valence-electron chi connectivity index (χ1n) is 9.96. The van der Waals surface area contributed by atoms with Gasteiger partial charge in [0.15, 0.2) is 0 Å². The zero-order valence-corrected chi connectivity index (χ0v) is 17.6. The number of ether oxygens (including phenoxy) is 1. The van der Waals surface area contributed by atoms with E-state index in [4.69, 9.17) is 10.5 Å². The SMILES string of the molecule is CC(c1ccc(C(F)(F)F)cc1)N(C)C(=O)c1cc2c3c(c(N)nc2cc1F)[C@@H](C)OC3. The van der Waals surface area contributed by atoms with Gasteiger partial charge in [0.1, 0.15) is 11.6 Å². The van der Waals surface area contributed by atoms with Crippen LogP contribution in [0.5, 0.6) is 0 Å². The Kier molecular flexibility index (Phi) is 5.32. The second kappa shape index (κ2) is 7.74. The molecule has 1 aliphatic heterocycles. The molecule has 0 bridgehead atoms. The fourth-order valence-corrected chi connectivity index (χ4v) is 3.99. The molecular formula is C23H21F4N3O2. The second-order valence-corrected chi connectivity index (χ2v) is 7.90.